The molecule has 0 aliphatic heterocycles. The van der Waals surface area contributed by atoms with Gasteiger partial charge in [0, 0.05) is 0 Å². The van der Waals surface area contributed by atoms with Gasteiger partial charge in [0.1, 0.15) is 10.7 Å². The van der Waals surface area contributed by atoms with Crippen molar-refractivity contribution in [2.24, 2.45) is 0 Å². The molecule has 1 aromatic carbocycles. The van der Waals surface area contributed by atoms with Crippen LogP contribution in [0.5, 0.6) is 5.75 Å². The summed E-state index contributed by atoms with van der Waals surface area (Å²) in [4.78, 5) is 10.8. The molecule has 3 nitrogen and oxygen atoms in total. The Kier molecular flexibility index (Phi) is 5.29. The summed E-state index contributed by atoms with van der Waals surface area (Å²) in [5, 5.41) is 0. The van der Waals surface area contributed by atoms with E-state index in [1.165, 1.54) is 7.11 Å². The summed E-state index contributed by atoms with van der Waals surface area (Å²) in [6.45, 7) is 0. The molecule has 0 aromatic heterocycles. The lowest BCUT2D eigenvalue weighted by Crippen LogP contribution is -2.08. The fourth-order valence-corrected chi connectivity index (χ4v) is 1.82. The lowest BCUT2D eigenvalue weighted by atomic mass is 10.2. The molecule has 0 amide bonds. The molecule has 0 spiro atoms. The average Bonchev–Trinajstić information content (AvgIpc) is 2.36. The number of esters is 1. The molecule has 0 aliphatic carbocycles. The Bertz CT molecular complexity index is 466. The van der Waals surface area contributed by atoms with Gasteiger partial charge >= 0.3 is 11.5 Å². The van der Waals surface area contributed by atoms with Crippen molar-refractivity contribution in [1.29, 1.82) is 0 Å². The zero-order valence-electron chi connectivity index (χ0n) is 10.2. The third kappa shape index (κ3) is 5.25. The molecule has 0 N–H and O–H groups in total. The SMILES string of the molecule is COC(=O)/C(=C/c1ccc(OC)cc1)SC(F)(F)F. The van der Waals surface area contributed by atoms with Gasteiger partial charge in [-0.1, -0.05) is 12.1 Å². The van der Waals surface area contributed by atoms with Crippen LogP contribution in [0.1, 0.15) is 5.56 Å². The van der Waals surface area contributed by atoms with Crippen LogP contribution in [0.15, 0.2) is 29.2 Å². The molecular weight excluding hydrogens is 281 g/mol. The highest BCUT2D eigenvalue weighted by Crippen LogP contribution is 2.37. The van der Waals surface area contributed by atoms with E-state index in [0.29, 0.717) is 11.3 Å². The predicted molar refractivity (Wildman–Crippen MR) is 66.6 cm³/mol. The van der Waals surface area contributed by atoms with Crippen molar-refractivity contribution in [2.75, 3.05) is 14.2 Å². The molecule has 0 atom stereocenters. The minimum Gasteiger partial charge on any atom is -0.497 e. The van der Waals surface area contributed by atoms with Gasteiger partial charge in [-0.05, 0) is 35.5 Å². The lowest BCUT2D eigenvalue weighted by molar-refractivity contribution is -0.135. The monoisotopic (exact) mass is 292 g/mol. The van der Waals surface area contributed by atoms with E-state index in [2.05, 4.69) is 4.74 Å². The molecule has 0 saturated heterocycles. The highest BCUT2D eigenvalue weighted by Gasteiger charge is 2.33. The minimum atomic E-state index is -4.55. The van der Waals surface area contributed by atoms with E-state index < -0.39 is 28.1 Å². The Morgan fingerprint density at radius 3 is 2.21 bits per heavy atom. The Balaban J connectivity index is 3.01. The van der Waals surface area contributed by atoms with Gasteiger partial charge in [0.25, 0.3) is 0 Å². The number of rotatable bonds is 4. The Hall–Kier alpha value is -1.63. The maximum atomic E-state index is 12.3. The number of ether oxygens (including phenoxy) is 2. The summed E-state index contributed by atoms with van der Waals surface area (Å²) >= 11 is -0.505. The number of carbonyl (C=O) groups is 1. The van der Waals surface area contributed by atoms with Gasteiger partial charge in [-0.15, -0.1) is 0 Å². The number of benzene rings is 1. The molecule has 1 aromatic rings. The van der Waals surface area contributed by atoms with Gasteiger partial charge in [-0.25, -0.2) is 4.79 Å². The van der Waals surface area contributed by atoms with E-state index in [1.54, 1.807) is 24.3 Å². The van der Waals surface area contributed by atoms with Crippen molar-refractivity contribution in [3.8, 4) is 5.75 Å². The second kappa shape index (κ2) is 6.51. The Morgan fingerprint density at radius 2 is 1.79 bits per heavy atom. The number of methoxy groups -OCH3 is 2. The van der Waals surface area contributed by atoms with E-state index in [1.807, 2.05) is 0 Å². The van der Waals surface area contributed by atoms with Crippen molar-refractivity contribution in [2.45, 2.75) is 5.51 Å². The maximum absolute atomic E-state index is 12.3. The maximum Gasteiger partial charge on any atom is 0.446 e. The van der Waals surface area contributed by atoms with Crippen molar-refractivity contribution in [3.05, 3.63) is 34.7 Å². The van der Waals surface area contributed by atoms with E-state index in [4.69, 9.17) is 4.74 Å². The van der Waals surface area contributed by atoms with Crippen LogP contribution in [-0.2, 0) is 9.53 Å². The fraction of sp³-hybridized carbons (Fsp3) is 0.250. The number of carbonyl (C=O) groups excluding carboxylic acids is 1. The molecule has 0 fully saturated rings. The van der Waals surface area contributed by atoms with E-state index in [-0.39, 0.29) is 0 Å². The molecule has 1 rings (SSSR count). The van der Waals surface area contributed by atoms with E-state index >= 15 is 0 Å². The first kappa shape index (κ1) is 15.4. The van der Waals surface area contributed by atoms with Crippen LogP contribution in [-0.4, -0.2) is 25.7 Å². The summed E-state index contributed by atoms with van der Waals surface area (Å²) in [5.74, 6) is -0.460. The zero-order chi connectivity index (χ0) is 14.5. The summed E-state index contributed by atoms with van der Waals surface area (Å²) in [7, 11) is 2.51. The quantitative estimate of drug-likeness (QED) is 0.629. The standard InChI is InChI=1S/C12H11F3O3S/c1-17-9-5-3-8(4-6-9)7-10(11(16)18-2)19-12(13,14)15/h3-7H,1-2H3/b10-7-. The molecule has 7 heteroatoms. The van der Waals surface area contributed by atoms with Crippen LogP contribution in [0.2, 0.25) is 0 Å². The van der Waals surface area contributed by atoms with Crippen LogP contribution < -0.4 is 4.74 Å². The number of hydrogen-bond donors (Lipinski definition) is 0. The van der Waals surface area contributed by atoms with Crippen LogP contribution in [0.25, 0.3) is 6.08 Å². The molecule has 104 valence electrons. The summed E-state index contributed by atoms with van der Waals surface area (Å²) in [6.07, 6.45) is 1.11. The van der Waals surface area contributed by atoms with Gasteiger partial charge in [0.15, 0.2) is 0 Å². The Morgan fingerprint density at radius 1 is 1.21 bits per heavy atom. The normalized spacial score (nSPS) is 12.2. The van der Waals surface area contributed by atoms with Crippen molar-refractivity contribution < 1.29 is 27.4 Å². The van der Waals surface area contributed by atoms with Gasteiger partial charge in [0.2, 0.25) is 0 Å². The molecule has 0 unspecified atom stereocenters. The first-order chi connectivity index (χ1) is 8.85. The van der Waals surface area contributed by atoms with Gasteiger partial charge in [0.05, 0.1) is 14.2 Å². The van der Waals surface area contributed by atoms with E-state index in [0.717, 1.165) is 13.2 Å². The molecule has 0 aliphatic rings. The topological polar surface area (TPSA) is 35.5 Å². The second-order valence-electron chi connectivity index (χ2n) is 3.32. The number of hydrogen-bond acceptors (Lipinski definition) is 4. The fourth-order valence-electron chi connectivity index (χ4n) is 1.21. The molecule has 19 heavy (non-hydrogen) atoms. The van der Waals surface area contributed by atoms with Crippen molar-refractivity contribution >= 4 is 23.8 Å². The third-order valence-corrected chi connectivity index (χ3v) is 2.76. The number of halogens is 3. The summed E-state index contributed by atoms with van der Waals surface area (Å²) < 4.78 is 46.2. The van der Waals surface area contributed by atoms with Crippen LogP contribution >= 0.6 is 11.8 Å². The summed E-state index contributed by atoms with van der Waals surface area (Å²) in [5.41, 5.74) is -4.11. The van der Waals surface area contributed by atoms with E-state index in [9.17, 15) is 18.0 Å². The second-order valence-corrected chi connectivity index (χ2v) is 4.43. The molecule has 0 heterocycles. The number of thioether (sulfide) groups is 1. The predicted octanol–water partition coefficient (Wildman–Crippen LogP) is 3.46. The first-order valence-corrected chi connectivity index (χ1v) is 5.87. The van der Waals surface area contributed by atoms with Crippen molar-refractivity contribution in [1.82, 2.24) is 0 Å². The van der Waals surface area contributed by atoms with Crippen molar-refractivity contribution in [3.63, 3.8) is 0 Å². The number of alkyl halides is 3. The van der Waals surface area contributed by atoms with Gasteiger partial charge in [-0.2, -0.15) is 13.2 Å². The molecule has 0 saturated carbocycles. The first-order valence-electron chi connectivity index (χ1n) is 5.05. The van der Waals surface area contributed by atoms with Crippen LogP contribution in [0.3, 0.4) is 0 Å². The third-order valence-electron chi connectivity index (χ3n) is 2.03. The average molecular weight is 292 g/mol. The molecule has 0 bridgehead atoms. The Labute approximate surface area is 112 Å². The highest BCUT2D eigenvalue weighted by molar-refractivity contribution is 8.04. The largest absolute Gasteiger partial charge is 0.497 e. The smallest absolute Gasteiger partial charge is 0.446 e. The zero-order valence-corrected chi connectivity index (χ0v) is 11.0. The summed E-state index contributed by atoms with van der Waals surface area (Å²) in [6, 6.07) is 6.25. The highest BCUT2D eigenvalue weighted by atomic mass is 32.2. The molecular formula is C12H11F3O3S. The van der Waals surface area contributed by atoms with Gasteiger partial charge in [-0.3, -0.25) is 0 Å². The van der Waals surface area contributed by atoms with Gasteiger partial charge < -0.3 is 9.47 Å². The molecule has 0 radical (unpaired) electrons. The minimum absolute atomic E-state index is 0.443. The van der Waals surface area contributed by atoms with Crippen LogP contribution in [0, 0.1) is 0 Å². The lowest BCUT2D eigenvalue weighted by Gasteiger charge is -2.08. The van der Waals surface area contributed by atoms with Crippen LogP contribution in [0.4, 0.5) is 13.2 Å².